The molecule has 1 aromatic heterocycles. The van der Waals surface area contributed by atoms with Crippen LogP contribution in [0.3, 0.4) is 0 Å². The summed E-state index contributed by atoms with van der Waals surface area (Å²) in [6, 6.07) is 9.41. The van der Waals surface area contributed by atoms with Crippen molar-refractivity contribution in [2.24, 2.45) is 0 Å². The van der Waals surface area contributed by atoms with Gasteiger partial charge in [-0.1, -0.05) is 29.8 Å². The van der Waals surface area contributed by atoms with Gasteiger partial charge in [0.15, 0.2) is 0 Å². The molecule has 2 rings (SSSR count). The molecule has 0 aliphatic heterocycles. The molecule has 1 aromatic carbocycles. The SMILES string of the molecule is Nc1cccc(-c2cccnc2)c1Cl. The van der Waals surface area contributed by atoms with E-state index in [1.165, 1.54) is 0 Å². The van der Waals surface area contributed by atoms with Crippen LogP contribution in [-0.2, 0) is 0 Å². The Morgan fingerprint density at radius 2 is 2.00 bits per heavy atom. The van der Waals surface area contributed by atoms with Crippen molar-refractivity contribution in [3.63, 3.8) is 0 Å². The Morgan fingerprint density at radius 1 is 1.14 bits per heavy atom. The summed E-state index contributed by atoms with van der Waals surface area (Å²) in [6.45, 7) is 0. The van der Waals surface area contributed by atoms with Crippen molar-refractivity contribution in [1.82, 2.24) is 4.98 Å². The fourth-order valence-electron chi connectivity index (χ4n) is 1.29. The molecule has 0 radical (unpaired) electrons. The quantitative estimate of drug-likeness (QED) is 0.726. The predicted octanol–water partition coefficient (Wildman–Crippen LogP) is 2.98. The molecule has 70 valence electrons. The highest BCUT2D eigenvalue weighted by molar-refractivity contribution is 6.35. The first kappa shape index (κ1) is 9.03. The topological polar surface area (TPSA) is 38.9 Å². The molecular formula is C11H9ClN2. The highest BCUT2D eigenvalue weighted by atomic mass is 35.5. The summed E-state index contributed by atoms with van der Waals surface area (Å²) < 4.78 is 0. The molecule has 2 aromatic rings. The molecule has 0 unspecified atom stereocenters. The molecule has 0 fully saturated rings. The number of halogens is 1. The molecular weight excluding hydrogens is 196 g/mol. The van der Waals surface area contributed by atoms with Gasteiger partial charge in [-0.15, -0.1) is 0 Å². The van der Waals surface area contributed by atoms with Gasteiger partial charge in [0.05, 0.1) is 10.7 Å². The summed E-state index contributed by atoms with van der Waals surface area (Å²) in [7, 11) is 0. The third-order valence-electron chi connectivity index (χ3n) is 2.00. The van der Waals surface area contributed by atoms with E-state index in [0.29, 0.717) is 10.7 Å². The average Bonchev–Trinajstić information content (AvgIpc) is 2.23. The van der Waals surface area contributed by atoms with Crippen LogP contribution in [0.5, 0.6) is 0 Å². The lowest BCUT2D eigenvalue weighted by Crippen LogP contribution is -1.88. The van der Waals surface area contributed by atoms with Gasteiger partial charge in [0.1, 0.15) is 0 Å². The molecule has 3 heteroatoms. The van der Waals surface area contributed by atoms with Crippen LogP contribution >= 0.6 is 11.6 Å². The third kappa shape index (κ3) is 1.56. The maximum Gasteiger partial charge on any atom is 0.0714 e. The van der Waals surface area contributed by atoms with Crippen molar-refractivity contribution in [2.45, 2.75) is 0 Å². The number of nitrogen functional groups attached to an aromatic ring is 1. The van der Waals surface area contributed by atoms with Gasteiger partial charge in [0.25, 0.3) is 0 Å². The lowest BCUT2D eigenvalue weighted by Gasteiger charge is -2.05. The van der Waals surface area contributed by atoms with E-state index in [1.54, 1.807) is 18.5 Å². The van der Waals surface area contributed by atoms with E-state index in [1.807, 2.05) is 24.3 Å². The van der Waals surface area contributed by atoms with Gasteiger partial charge in [-0.05, 0) is 12.1 Å². The first-order chi connectivity index (χ1) is 6.79. The molecule has 0 atom stereocenters. The minimum absolute atomic E-state index is 0.584. The van der Waals surface area contributed by atoms with Crippen LogP contribution in [0.15, 0.2) is 42.7 Å². The molecule has 2 N–H and O–H groups in total. The number of hydrogen-bond donors (Lipinski definition) is 1. The van der Waals surface area contributed by atoms with E-state index >= 15 is 0 Å². The normalized spacial score (nSPS) is 10.1. The van der Waals surface area contributed by atoms with Crippen LogP contribution < -0.4 is 5.73 Å². The van der Waals surface area contributed by atoms with E-state index in [4.69, 9.17) is 17.3 Å². The van der Waals surface area contributed by atoms with Crippen LogP contribution in [-0.4, -0.2) is 4.98 Å². The Morgan fingerprint density at radius 3 is 2.71 bits per heavy atom. The molecule has 0 saturated heterocycles. The lowest BCUT2D eigenvalue weighted by molar-refractivity contribution is 1.33. The van der Waals surface area contributed by atoms with Gasteiger partial charge in [-0.25, -0.2) is 0 Å². The Hall–Kier alpha value is -1.54. The summed E-state index contributed by atoms with van der Waals surface area (Å²) >= 11 is 6.07. The second-order valence-corrected chi connectivity index (χ2v) is 3.33. The molecule has 0 amide bonds. The zero-order chi connectivity index (χ0) is 9.97. The largest absolute Gasteiger partial charge is 0.398 e. The van der Waals surface area contributed by atoms with Gasteiger partial charge in [-0.3, -0.25) is 4.98 Å². The lowest BCUT2D eigenvalue weighted by atomic mass is 10.1. The summed E-state index contributed by atoms with van der Waals surface area (Å²) in [6.07, 6.45) is 3.49. The minimum Gasteiger partial charge on any atom is -0.398 e. The van der Waals surface area contributed by atoms with Crippen molar-refractivity contribution in [2.75, 3.05) is 5.73 Å². The number of rotatable bonds is 1. The zero-order valence-electron chi connectivity index (χ0n) is 7.44. The van der Waals surface area contributed by atoms with Crippen LogP contribution in [0.1, 0.15) is 0 Å². The summed E-state index contributed by atoms with van der Waals surface area (Å²) in [5.74, 6) is 0. The summed E-state index contributed by atoms with van der Waals surface area (Å²) in [4.78, 5) is 4.03. The fourth-order valence-corrected chi connectivity index (χ4v) is 1.53. The highest BCUT2D eigenvalue weighted by Crippen LogP contribution is 2.31. The van der Waals surface area contributed by atoms with Crippen molar-refractivity contribution < 1.29 is 0 Å². The van der Waals surface area contributed by atoms with Gasteiger partial charge < -0.3 is 5.73 Å². The van der Waals surface area contributed by atoms with Crippen molar-refractivity contribution in [1.29, 1.82) is 0 Å². The second kappa shape index (κ2) is 3.68. The number of hydrogen-bond acceptors (Lipinski definition) is 2. The summed E-state index contributed by atoms with van der Waals surface area (Å²) in [5, 5.41) is 0.584. The van der Waals surface area contributed by atoms with E-state index in [9.17, 15) is 0 Å². The fraction of sp³-hybridized carbons (Fsp3) is 0. The van der Waals surface area contributed by atoms with Gasteiger partial charge in [0, 0.05) is 23.5 Å². The van der Waals surface area contributed by atoms with Crippen molar-refractivity contribution in [3.8, 4) is 11.1 Å². The molecule has 0 saturated carbocycles. The van der Waals surface area contributed by atoms with E-state index in [0.717, 1.165) is 11.1 Å². The molecule has 1 heterocycles. The minimum atomic E-state index is 0.584. The number of pyridine rings is 1. The van der Waals surface area contributed by atoms with Crippen LogP contribution in [0.2, 0.25) is 5.02 Å². The number of nitrogens with two attached hydrogens (primary N) is 1. The second-order valence-electron chi connectivity index (χ2n) is 2.95. The van der Waals surface area contributed by atoms with Crippen molar-refractivity contribution >= 4 is 17.3 Å². The van der Waals surface area contributed by atoms with E-state index < -0.39 is 0 Å². The van der Waals surface area contributed by atoms with Gasteiger partial charge >= 0.3 is 0 Å². The summed E-state index contributed by atoms with van der Waals surface area (Å²) in [5.41, 5.74) is 8.19. The predicted molar refractivity (Wildman–Crippen MR) is 59.1 cm³/mol. The maximum absolute atomic E-state index is 6.07. The molecule has 0 bridgehead atoms. The van der Waals surface area contributed by atoms with Crippen LogP contribution in [0.25, 0.3) is 11.1 Å². The van der Waals surface area contributed by atoms with Gasteiger partial charge in [-0.2, -0.15) is 0 Å². The number of aromatic nitrogens is 1. The first-order valence-electron chi connectivity index (χ1n) is 4.23. The van der Waals surface area contributed by atoms with Crippen LogP contribution in [0, 0.1) is 0 Å². The Bertz CT molecular complexity index is 440. The molecule has 14 heavy (non-hydrogen) atoms. The molecule has 0 aliphatic carbocycles. The van der Waals surface area contributed by atoms with Crippen LogP contribution in [0.4, 0.5) is 5.69 Å². The zero-order valence-corrected chi connectivity index (χ0v) is 8.20. The smallest absolute Gasteiger partial charge is 0.0714 e. The Balaban J connectivity index is 2.58. The number of benzene rings is 1. The maximum atomic E-state index is 6.07. The number of anilines is 1. The van der Waals surface area contributed by atoms with Crippen molar-refractivity contribution in [3.05, 3.63) is 47.7 Å². The Kier molecular flexibility index (Phi) is 2.37. The first-order valence-corrected chi connectivity index (χ1v) is 4.61. The highest BCUT2D eigenvalue weighted by Gasteiger charge is 2.04. The molecule has 0 aliphatic rings. The standard InChI is InChI=1S/C11H9ClN2/c12-11-9(4-1-5-10(11)13)8-3-2-6-14-7-8/h1-7H,13H2. The average molecular weight is 205 g/mol. The monoisotopic (exact) mass is 204 g/mol. The van der Waals surface area contributed by atoms with E-state index in [-0.39, 0.29) is 0 Å². The number of nitrogens with zero attached hydrogens (tertiary/aromatic N) is 1. The Labute approximate surface area is 87.4 Å². The molecule has 0 spiro atoms. The van der Waals surface area contributed by atoms with Gasteiger partial charge in [0.2, 0.25) is 0 Å². The molecule has 2 nitrogen and oxygen atoms in total. The third-order valence-corrected chi connectivity index (χ3v) is 2.42. The van der Waals surface area contributed by atoms with E-state index in [2.05, 4.69) is 4.98 Å².